The van der Waals surface area contributed by atoms with Gasteiger partial charge in [0.05, 0.1) is 7.11 Å². The Hall–Kier alpha value is -2.39. The van der Waals surface area contributed by atoms with E-state index in [0.29, 0.717) is 5.56 Å². The van der Waals surface area contributed by atoms with E-state index in [9.17, 15) is 18.0 Å². The Morgan fingerprint density at radius 3 is 2.58 bits per heavy atom. The first-order valence-electron chi connectivity index (χ1n) is 7.99. The Labute approximate surface area is 153 Å². The standard InChI is InChI=1S/C17H24N2O6S/c1-5-12(2)19-16(20)11-25-17(21)9-7-13-6-8-14(24-4)15(10-13)26(22,23)18-3/h6-10,12,18H,5,11H2,1-4H3,(H,19,20)/b9-7+/t12-/m1/s1. The summed E-state index contributed by atoms with van der Waals surface area (Å²) in [5, 5.41) is 2.67. The van der Waals surface area contributed by atoms with Gasteiger partial charge in [0.25, 0.3) is 5.91 Å². The number of hydrogen-bond donors (Lipinski definition) is 2. The predicted molar refractivity (Wildman–Crippen MR) is 97.1 cm³/mol. The van der Waals surface area contributed by atoms with Crippen LogP contribution >= 0.6 is 0 Å². The number of hydrogen-bond acceptors (Lipinski definition) is 6. The number of ether oxygens (including phenoxy) is 2. The fourth-order valence-electron chi connectivity index (χ4n) is 1.88. The number of methoxy groups -OCH3 is 1. The molecular weight excluding hydrogens is 360 g/mol. The van der Waals surface area contributed by atoms with Gasteiger partial charge in [-0.3, -0.25) is 4.79 Å². The van der Waals surface area contributed by atoms with E-state index in [4.69, 9.17) is 9.47 Å². The van der Waals surface area contributed by atoms with Gasteiger partial charge in [0, 0.05) is 12.1 Å². The van der Waals surface area contributed by atoms with Crippen molar-refractivity contribution in [3.63, 3.8) is 0 Å². The van der Waals surface area contributed by atoms with E-state index in [1.807, 2.05) is 13.8 Å². The third kappa shape index (κ3) is 6.49. The Bertz CT molecular complexity index is 773. The summed E-state index contributed by atoms with van der Waals surface area (Å²) in [5.74, 6) is -0.910. The molecule has 0 saturated heterocycles. The average molecular weight is 384 g/mol. The SMILES string of the molecule is CC[C@@H](C)NC(=O)COC(=O)/C=C/c1ccc(OC)c(S(=O)(=O)NC)c1. The molecule has 1 aromatic carbocycles. The molecule has 1 rings (SSSR count). The molecule has 0 aromatic heterocycles. The summed E-state index contributed by atoms with van der Waals surface area (Å²) < 4.78 is 36.1. The van der Waals surface area contributed by atoms with E-state index in [2.05, 4.69) is 10.0 Å². The molecule has 1 amide bonds. The molecule has 9 heteroatoms. The highest BCUT2D eigenvalue weighted by atomic mass is 32.2. The van der Waals surface area contributed by atoms with Crippen molar-refractivity contribution < 1.29 is 27.5 Å². The molecule has 2 N–H and O–H groups in total. The minimum atomic E-state index is -3.72. The molecule has 0 unspecified atom stereocenters. The number of sulfonamides is 1. The summed E-state index contributed by atoms with van der Waals surface area (Å²) in [4.78, 5) is 23.2. The van der Waals surface area contributed by atoms with Gasteiger partial charge < -0.3 is 14.8 Å². The van der Waals surface area contributed by atoms with Crippen LogP contribution in [0.5, 0.6) is 5.75 Å². The number of nitrogens with one attached hydrogen (secondary N) is 2. The van der Waals surface area contributed by atoms with E-state index in [1.54, 1.807) is 6.07 Å². The number of benzene rings is 1. The minimum absolute atomic E-state index is 0.00332. The molecule has 0 fully saturated rings. The number of rotatable bonds is 9. The van der Waals surface area contributed by atoms with Crippen LogP contribution in [-0.4, -0.2) is 47.1 Å². The maximum Gasteiger partial charge on any atom is 0.331 e. The molecule has 0 spiro atoms. The van der Waals surface area contributed by atoms with Crippen molar-refractivity contribution in [2.24, 2.45) is 0 Å². The zero-order chi connectivity index (χ0) is 19.7. The molecule has 0 bridgehead atoms. The van der Waals surface area contributed by atoms with Crippen LogP contribution < -0.4 is 14.8 Å². The lowest BCUT2D eigenvalue weighted by Gasteiger charge is -2.11. The molecule has 0 aliphatic rings. The van der Waals surface area contributed by atoms with E-state index < -0.39 is 16.0 Å². The van der Waals surface area contributed by atoms with Gasteiger partial charge in [0.1, 0.15) is 10.6 Å². The zero-order valence-electron chi connectivity index (χ0n) is 15.2. The highest BCUT2D eigenvalue weighted by Gasteiger charge is 2.17. The van der Waals surface area contributed by atoms with Crippen molar-refractivity contribution >= 4 is 28.0 Å². The molecule has 0 heterocycles. The molecule has 0 saturated carbocycles. The van der Waals surface area contributed by atoms with Crippen LogP contribution in [0.15, 0.2) is 29.2 Å². The molecule has 0 aliphatic carbocycles. The smallest absolute Gasteiger partial charge is 0.331 e. The van der Waals surface area contributed by atoms with Crippen molar-refractivity contribution in [1.82, 2.24) is 10.0 Å². The van der Waals surface area contributed by atoms with Crippen molar-refractivity contribution in [3.8, 4) is 5.75 Å². The third-order valence-electron chi connectivity index (χ3n) is 3.52. The van der Waals surface area contributed by atoms with E-state index in [1.165, 1.54) is 32.4 Å². The second kappa shape index (κ2) is 9.93. The number of amides is 1. The Morgan fingerprint density at radius 1 is 1.31 bits per heavy atom. The fourth-order valence-corrected chi connectivity index (χ4v) is 2.81. The van der Waals surface area contributed by atoms with E-state index >= 15 is 0 Å². The Kier molecular flexibility index (Phi) is 8.27. The van der Waals surface area contributed by atoms with Gasteiger partial charge >= 0.3 is 5.97 Å². The highest BCUT2D eigenvalue weighted by molar-refractivity contribution is 7.89. The van der Waals surface area contributed by atoms with Gasteiger partial charge in [-0.25, -0.2) is 17.9 Å². The van der Waals surface area contributed by atoms with Gasteiger partial charge in [-0.1, -0.05) is 13.0 Å². The second-order valence-corrected chi connectivity index (χ2v) is 7.29. The Morgan fingerprint density at radius 2 is 2.00 bits per heavy atom. The number of carbonyl (C=O) groups excluding carboxylic acids is 2. The molecular formula is C17H24N2O6S. The van der Waals surface area contributed by atoms with Gasteiger partial charge in [-0.2, -0.15) is 0 Å². The van der Waals surface area contributed by atoms with Crippen LogP contribution in [-0.2, 0) is 24.3 Å². The van der Waals surface area contributed by atoms with Crippen LogP contribution in [0.2, 0.25) is 0 Å². The summed E-state index contributed by atoms with van der Waals surface area (Å²) in [6.45, 7) is 3.40. The lowest BCUT2D eigenvalue weighted by atomic mass is 10.2. The summed E-state index contributed by atoms with van der Waals surface area (Å²) >= 11 is 0. The average Bonchev–Trinajstić information content (AvgIpc) is 2.64. The topological polar surface area (TPSA) is 111 Å². The van der Waals surface area contributed by atoms with Gasteiger partial charge in [0.15, 0.2) is 6.61 Å². The van der Waals surface area contributed by atoms with Crippen molar-refractivity contribution in [1.29, 1.82) is 0 Å². The van der Waals surface area contributed by atoms with E-state index in [-0.39, 0.29) is 29.2 Å². The van der Waals surface area contributed by atoms with Crippen LogP contribution in [0, 0.1) is 0 Å². The summed E-state index contributed by atoms with van der Waals surface area (Å²) in [6.07, 6.45) is 3.28. The maximum atomic E-state index is 12.0. The summed E-state index contributed by atoms with van der Waals surface area (Å²) in [5.41, 5.74) is 0.459. The molecule has 26 heavy (non-hydrogen) atoms. The third-order valence-corrected chi connectivity index (χ3v) is 4.96. The van der Waals surface area contributed by atoms with Crippen molar-refractivity contribution in [3.05, 3.63) is 29.8 Å². The number of carbonyl (C=O) groups is 2. The summed E-state index contributed by atoms with van der Waals surface area (Å²) in [6, 6.07) is 4.44. The van der Waals surface area contributed by atoms with Crippen molar-refractivity contribution in [2.45, 2.75) is 31.2 Å². The first-order chi connectivity index (χ1) is 12.2. The van der Waals surface area contributed by atoms with Gasteiger partial charge in [0.2, 0.25) is 10.0 Å². The van der Waals surface area contributed by atoms with Gasteiger partial charge in [-0.15, -0.1) is 0 Å². The lowest BCUT2D eigenvalue weighted by molar-refractivity contribution is -0.144. The first kappa shape index (κ1) is 21.7. The quantitative estimate of drug-likeness (QED) is 0.487. The van der Waals surface area contributed by atoms with Crippen LogP contribution in [0.4, 0.5) is 0 Å². The fraction of sp³-hybridized carbons (Fsp3) is 0.412. The second-order valence-electron chi connectivity index (χ2n) is 5.44. The van der Waals surface area contributed by atoms with Gasteiger partial charge in [-0.05, 0) is 44.2 Å². The molecule has 0 aliphatic heterocycles. The van der Waals surface area contributed by atoms with Crippen LogP contribution in [0.25, 0.3) is 6.08 Å². The number of esters is 1. The van der Waals surface area contributed by atoms with Crippen LogP contribution in [0.3, 0.4) is 0 Å². The monoisotopic (exact) mass is 384 g/mol. The largest absolute Gasteiger partial charge is 0.495 e. The predicted octanol–water partition coefficient (Wildman–Crippen LogP) is 1.07. The normalized spacial score (nSPS) is 12.6. The lowest BCUT2D eigenvalue weighted by Crippen LogP contribution is -2.35. The zero-order valence-corrected chi connectivity index (χ0v) is 16.1. The molecule has 144 valence electrons. The maximum absolute atomic E-state index is 12.0. The molecule has 1 aromatic rings. The minimum Gasteiger partial charge on any atom is -0.495 e. The Balaban J connectivity index is 2.78. The van der Waals surface area contributed by atoms with E-state index in [0.717, 1.165) is 12.5 Å². The molecule has 8 nitrogen and oxygen atoms in total. The molecule has 0 radical (unpaired) electrons. The summed E-state index contributed by atoms with van der Waals surface area (Å²) in [7, 11) is -1.06. The highest BCUT2D eigenvalue weighted by Crippen LogP contribution is 2.25. The molecule has 1 atom stereocenters. The first-order valence-corrected chi connectivity index (χ1v) is 9.47. The van der Waals surface area contributed by atoms with Crippen LogP contribution in [0.1, 0.15) is 25.8 Å². The van der Waals surface area contributed by atoms with Crippen molar-refractivity contribution in [2.75, 3.05) is 20.8 Å².